The van der Waals surface area contributed by atoms with E-state index >= 15 is 0 Å². The minimum absolute atomic E-state index is 0.0185. The van der Waals surface area contributed by atoms with E-state index in [4.69, 9.17) is 5.73 Å². The Morgan fingerprint density at radius 3 is 2.90 bits per heavy atom. The average molecular weight is 137 g/mol. The van der Waals surface area contributed by atoms with E-state index in [1.807, 2.05) is 18.2 Å². The molecule has 2 N–H and O–H groups in total. The van der Waals surface area contributed by atoms with Gasteiger partial charge >= 0.3 is 0 Å². The fourth-order valence-corrected chi connectivity index (χ4v) is 0.983. The zero-order valence-corrected chi connectivity index (χ0v) is 6.00. The topological polar surface area (TPSA) is 43.1 Å². The first-order valence-corrected chi connectivity index (χ1v) is 3.33. The Kier molecular flexibility index (Phi) is 1.90. The molecule has 1 rings (SSSR count). The van der Waals surface area contributed by atoms with Gasteiger partial charge in [-0.2, -0.15) is 0 Å². The second-order valence-corrected chi connectivity index (χ2v) is 2.55. The van der Waals surface area contributed by atoms with E-state index in [1.165, 1.54) is 0 Å². The Labute approximate surface area is 60.4 Å². The lowest BCUT2D eigenvalue weighted by molar-refractivity contribution is -0.119. The van der Waals surface area contributed by atoms with Gasteiger partial charge in [-0.3, -0.25) is 4.79 Å². The maximum absolute atomic E-state index is 10.8. The molecule has 0 fully saturated rings. The SMILES string of the molecule is CC(=O)C1C=CC=C(N)C1. The highest BCUT2D eigenvalue weighted by atomic mass is 16.1. The lowest BCUT2D eigenvalue weighted by Crippen LogP contribution is -2.14. The van der Waals surface area contributed by atoms with Crippen LogP contribution in [0.1, 0.15) is 13.3 Å². The largest absolute Gasteiger partial charge is 0.402 e. The van der Waals surface area contributed by atoms with Gasteiger partial charge in [0.1, 0.15) is 5.78 Å². The molecular formula is C8H11NO. The average Bonchev–Trinajstić information content (AvgIpc) is 1.88. The van der Waals surface area contributed by atoms with Crippen molar-refractivity contribution >= 4 is 5.78 Å². The molecule has 0 aromatic carbocycles. The van der Waals surface area contributed by atoms with Crippen molar-refractivity contribution in [1.29, 1.82) is 0 Å². The standard InChI is InChI=1S/C8H11NO/c1-6(10)7-3-2-4-8(9)5-7/h2-4,7H,5,9H2,1H3. The van der Waals surface area contributed by atoms with Crippen LogP contribution in [-0.4, -0.2) is 5.78 Å². The van der Waals surface area contributed by atoms with Crippen molar-refractivity contribution in [2.45, 2.75) is 13.3 Å². The molecule has 0 spiro atoms. The van der Waals surface area contributed by atoms with E-state index < -0.39 is 0 Å². The number of hydrogen-bond acceptors (Lipinski definition) is 2. The van der Waals surface area contributed by atoms with Crippen molar-refractivity contribution in [1.82, 2.24) is 0 Å². The van der Waals surface area contributed by atoms with Gasteiger partial charge in [0.15, 0.2) is 0 Å². The van der Waals surface area contributed by atoms with Crippen LogP contribution in [0.2, 0.25) is 0 Å². The maximum atomic E-state index is 10.8. The second kappa shape index (κ2) is 2.69. The minimum Gasteiger partial charge on any atom is -0.402 e. The predicted molar refractivity (Wildman–Crippen MR) is 40.2 cm³/mol. The van der Waals surface area contributed by atoms with Crippen molar-refractivity contribution in [3.63, 3.8) is 0 Å². The molecule has 1 atom stereocenters. The van der Waals surface area contributed by atoms with Crippen LogP contribution < -0.4 is 5.73 Å². The molecule has 0 aliphatic heterocycles. The van der Waals surface area contributed by atoms with Crippen molar-refractivity contribution < 1.29 is 4.79 Å². The van der Waals surface area contributed by atoms with E-state index in [2.05, 4.69) is 0 Å². The van der Waals surface area contributed by atoms with Crippen molar-refractivity contribution in [2.24, 2.45) is 11.7 Å². The summed E-state index contributed by atoms with van der Waals surface area (Å²) in [5.41, 5.74) is 6.31. The number of carbonyl (C=O) groups excluding carboxylic acids is 1. The van der Waals surface area contributed by atoms with E-state index in [0.29, 0.717) is 6.42 Å². The molecule has 10 heavy (non-hydrogen) atoms. The number of carbonyl (C=O) groups is 1. The molecule has 0 saturated carbocycles. The molecule has 0 radical (unpaired) electrons. The van der Waals surface area contributed by atoms with Gasteiger partial charge in [-0.1, -0.05) is 12.2 Å². The summed E-state index contributed by atoms with van der Waals surface area (Å²) >= 11 is 0. The zero-order chi connectivity index (χ0) is 7.56. The number of Topliss-reactive ketones (excluding diaryl/α,β-unsaturated/α-hetero) is 1. The quantitative estimate of drug-likeness (QED) is 0.585. The third-order valence-electron chi connectivity index (χ3n) is 1.63. The Morgan fingerprint density at radius 1 is 1.80 bits per heavy atom. The summed E-state index contributed by atoms with van der Waals surface area (Å²) < 4.78 is 0. The highest BCUT2D eigenvalue weighted by Gasteiger charge is 2.12. The Balaban J connectivity index is 2.64. The van der Waals surface area contributed by atoms with Crippen molar-refractivity contribution in [3.05, 3.63) is 23.9 Å². The van der Waals surface area contributed by atoms with Crippen LogP contribution >= 0.6 is 0 Å². The minimum atomic E-state index is 0.0185. The van der Waals surface area contributed by atoms with E-state index in [1.54, 1.807) is 6.92 Å². The molecule has 0 aromatic rings. The molecule has 0 heterocycles. The number of nitrogens with two attached hydrogens (primary N) is 1. The van der Waals surface area contributed by atoms with Gasteiger partial charge in [0.2, 0.25) is 0 Å². The number of hydrogen-bond donors (Lipinski definition) is 1. The van der Waals surface area contributed by atoms with Gasteiger partial charge in [0, 0.05) is 18.0 Å². The summed E-state index contributed by atoms with van der Waals surface area (Å²) in [4.78, 5) is 10.8. The summed E-state index contributed by atoms with van der Waals surface area (Å²) in [5, 5.41) is 0. The molecule has 2 heteroatoms. The summed E-state index contributed by atoms with van der Waals surface area (Å²) in [7, 11) is 0. The first kappa shape index (κ1) is 7.06. The molecular weight excluding hydrogens is 126 g/mol. The number of rotatable bonds is 1. The normalized spacial score (nSPS) is 24.1. The molecule has 0 amide bonds. The first-order valence-electron chi connectivity index (χ1n) is 3.33. The van der Waals surface area contributed by atoms with Gasteiger partial charge in [0.25, 0.3) is 0 Å². The van der Waals surface area contributed by atoms with Crippen LogP contribution in [0.3, 0.4) is 0 Å². The summed E-state index contributed by atoms with van der Waals surface area (Å²) in [5.74, 6) is 0.206. The molecule has 54 valence electrons. The first-order chi connectivity index (χ1) is 4.70. The summed E-state index contributed by atoms with van der Waals surface area (Å²) in [6, 6.07) is 0. The Morgan fingerprint density at radius 2 is 2.50 bits per heavy atom. The Hall–Kier alpha value is -1.05. The molecule has 2 nitrogen and oxygen atoms in total. The highest BCUT2D eigenvalue weighted by Crippen LogP contribution is 2.15. The van der Waals surface area contributed by atoms with Crippen LogP contribution in [0.4, 0.5) is 0 Å². The van der Waals surface area contributed by atoms with E-state index in [0.717, 1.165) is 5.70 Å². The fraction of sp³-hybridized carbons (Fsp3) is 0.375. The lowest BCUT2D eigenvalue weighted by Gasteiger charge is -2.11. The van der Waals surface area contributed by atoms with Crippen molar-refractivity contribution in [3.8, 4) is 0 Å². The maximum Gasteiger partial charge on any atom is 0.137 e. The number of ketones is 1. The molecule has 1 aliphatic rings. The van der Waals surface area contributed by atoms with Gasteiger partial charge < -0.3 is 5.73 Å². The molecule has 0 saturated heterocycles. The molecule has 0 bridgehead atoms. The predicted octanol–water partition coefficient (Wildman–Crippen LogP) is 0.994. The van der Waals surface area contributed by atoms with Gasteiger partial charge in [-0.05, 0) is 13.0 Å². The van der Waals surface area contributed by atoms with E-state index in [-0.39, 0.29) is 11.7 Å². The summed E-state index contributed by atoms with van der Waals surface area (Å²) in [6.07, 6.45) is 6.24. The van der Waals surface area contributed by atoms with Crippen LogP contribution in [0.15, 0.2) is 23.9 Å². The third kappa shape index (κ3) is 1.47. The van der Waals surface area contributed by atoms with Crippen molar-refractivity contribution in [2.75, 3.05) is 0 Å². The third-order valence-corrected chi connectivity index (χ3v) is 1.63. The summed E-state index contributed by atoms with van der Waals surface area (Å²) in [6.45, 7) is 1.59. The zero-order valence-electron chi connectivity index (χ0n) is 6.00. The molecule has 1 aliphatic carbocycles. The second-order valence-electron chi connectivity index (χ2n) is 2.55. The van der Waals surface area contributed by atoms with E-state index in [9.17, 15) is 4.79 Å². The van der Waals surface area contributed by atoms with Crippen LogP contribution in [0, 0.1) is 5.92 Å². The van der Waals surface area contributed by atoms with Crippen LogP contribution in [-0.2, 0) is 4.79 Å². The van der Waals surface area contributed by atoms with Gasteiger partial charge in [-0.25, -0.2) is 0 Å². The van der Waals surface area contributed by atoms with Gasteiger partial charge in [-0.15, -0.1) is 0 Å². The lowest BCUT2D eigenvalue weighted by atomic mass is 9.95. The monoisotopic (exact) mass is 137 g/mol. The smallest absolute Gasteiger partial charge is 0.137 e. The fourth-order valence-electron chi connectivity index (χ4n) is 0.983. The molecule has 0 aromatic heterocycles. The van der Waals surface area contributed by atoms with Crippen LogP contribution in [0.5, 0.6) is 0 Å². The molecule has 1 unspecified atom stereocenters. The number of allylic oxidation sites excluding steroid dienone is 4. The van der Waals surface area contributed by atoms with Crippen LogP contribution in [0.25, 0.3) is 0 Å². The highest BCUT2D eigenvalue weighted by molar-refractivity contribution is 5.80. The van der Waals surface area contributed by atoms with Gasteiger partial charge in [0.05, 0.1) is 0 Å². The Bertz CT molecular complexity index is 203.